The fourth-order valence-electron chi connectivity index (χ4n) is 2.63. The minimum absolute atomic E-state index is 0.208. The number of H-pyrrole nitrogens is 1. The maximum absolute atomic E-state index is 12.0. The molecule has 2 heterocycles. The van der Waals surface area contributed by atoms with Crippen LogP contribution in [0.15, 0.2) is 24.3 Å². The van der Waals surface area contributed by atoms with Gasteiger partial charge in [0.15, 0.2) is 0 Å². The van der Waals surface area contributed by atoms with Crippen LogP contribution in [0.3, 0.4) is 0 Å². The molecule has 1 saturated heterocycles. The summed E-state index contributed by atoms with van der Waals surface area (Å²) < 4.78 is 0. The molecule has 3 rings (SSSR count). The Labute approximate surface area is 111 Å². The molecule has 2 amide bonds. The minimum atomic E-state index is -0.775. The second-order valence-corrected chi connectivity index (χ2v) is 5.34. The van der Waals surface area contributed by atoms with Crippen LogP contribution in [-0.4, -0.2) is 16.8 Å². The Morgan fingerprint density at radius 1 is 1.26 bits per heavy atom. The van der Waals surface area contributed by atoms with Crippen LogP contribution < -0.4 is 5.32 Å². The number of aryl methyl sites for hydroxylation is 1. The fourth-order valence-corrected chi connectivity index (χ4v) is 2.63. The Kier molecular flexibility index (Phi) is 2.49. The first kappa shape index (κ1) is 12.0. The van der Waals surface area contributed by atoms with Crippen LogP contribution in [-0.2, 0) is 21.4 Å². The van der Waals surface area contributed by atoms with Crippen molar-refractivity contribution in [1.29, 1.82) is 0 Å². The molecule has 1 aromatic carbocycles. The summed E-state index contributed by atoms with van der Waals surface area (Å²) in [5, 5.41) is 3.46. The van der Waals surface area contributed by atoms with Gasteiger partial charge in [-0.15, -0.1) is 0 Å². The summed E-state index contributed by atoms with van der Waals surface area (Å²) in [6.07, 6.45) is 1.19. The molecule has 0 aliphatic carbocycles. The molecule has 1 aromatic heterocycles. The third-order valence-electron chi connectivity index (χ3n) is 3.96. The number of fused-ring (bicyclic) bond motifs is 1. The predicted molar refractivity (Wildman–Crippen MR) is 72.8 cm³/mol. The summed E-state index contributed by atoms with van der Waals surface area (Å²) in [5.74, 6) is -0.430. The number of hydrogen-bond acceptors (Lipinski definition) is 2. The molecule has 19 heavy (non-hydrogen) atoms. The van der Waals surface area contributed by atoms with Crippen LogP contribution in [0.5, 0.6) is 0 Å². The predicted octanol–water partition coefficient (Wildman–Crippen LogP) is 2.03. The average molecular weight is 256 g/mol. The standard InChI is InChI=1S/C15H16N2O2/c1-3-9-4-5-11-10(6-9)7-12(16-11)15(2)8-13(18)17-14(15)19/h4-7,16H,3,8H2,1-2H3,(H,17,18,19). The number of benzene rings is 1. The molecular weight excluding hydrogens is 240 g/mol. The van der Waals surface area contributed by atoms with Crippen molar-refractivity contribution in [2.75, 3.05) is 0 Å². The number of carbonyl (C=O) groups is 2. The molecule has 1 aliphatic heterocycles. The van der Waals surface area contributed by atoms with E-state index in [1.807, 2.05) is 12.1 Å². The highest BCUT2D eigenvalue weighted by Gasteiger charge is 2.45. The van der Waals surface area contributed by atoms with E-state index < -0.39 is 5.41 Å². The lowest BCUT2D eigenvalue weighted by atomic mass is 9.85. The highest BCUT2D eigenvalue weighted by Crippen LogP contribution is 2.33. The second kappa shape index (κ2) is 3.95. The number of nitrogens with one attached hydrogen (secondary N) is 2. The molecule has 1 aliphatic rings. The zero-order chi connectivity index (χ0) is 13.6. The van der Waals surface area contributed by atoms with Crippen molar-refractivity contribution >= 4 is 22.7 Å². The topological polar surface area (TPSA) is 62.0 Å². The van der Waals surface area contributed by atoms with Gasteiger partial charge >= 0.3 is 0 Å². The van der Waals surface area contributed by atoms with Gasteiger partial charge in [0.2, 0.25) is 11.8 Å². The normalized spacial score (nSPS) is 23.1. The molecule has 0 saturated carbocycles. The van der Waals surface area contributed by atoms with E-state index >= 15 is 0 Å². The van der Waals surface area contributed by atoms with E-state index in [4.69, 9.17) is 0 Å². The number of aromatic amines is 1. The SMILES string of the molecule is CCc1ccc2[nH]c(C3(C)CC(=O)NC3=O)cc2c1. The number of imide groups is 1. The first-order chi connectivity index (χ1) is 9.03. The third-order valence-corrected chi connectivity index (χ3v) is 3.96. The molecule has 0 bridgehead atoms. The van der Waals surface area contributed by atoms with Crippen LogP contribution in [0.4, 0.5) is 0 Å². The maximum atomic E-state index is 12.0. The van der Waals surface area contributed by atoms with E-state index in [-0.39, 0.29) is 18.2 Å². The Morgan fingerprint density at radius 2 is 2.05 bits per heavy atom. The molecular formula is C15H16N2O2. The molecule has 0 spiro atoms. The summed E-state index contributed by atoms with van der Waals surface area (Å²) in [6.45, 7) is 3.91. The molecule has 1 unspecified atom stereocenters. The van der Waals surface area contributed by atoms with Crippen LogP contribution in [0.1, 0.15) is 31.5 Å². The average Bonchev–Trinajstić information content (AvgIpc) is 2.91. The van der Waals surface area contributed by atoms with Crippen LogP contribution in [0.2, 0.25) is 0 Å². The minimum Gasteiger partial charge on any atom is -0.357 e. The van der Waals surface area contributed by atoms with Crippen molar-refractivity contribution in [2.45, 2.75) is 32.1 Å². The zero-order valence-corrected chi connectivity index (χ0v) is 11.0. The van der Waals surface area contributed by atoms with Crippen LogP contribution in [0.25, 0.3) is 10.9 Å². The van der Waals surface area contributed by atoms with Gasteiger partial charge in [-0.2, -0.15) is 0 Å². The van der Waals surface area contributed by atoms with Crippen molar-refractivity contribution in [3.63, 3.8) is 0 Å². The highest BCUT2D eigenvalue weighted by molar-refractivity contribution is 6.09. The van der Waals surface area contributed by atoms with Crippen molar-refractivity contribution in [3.8, 4) is 0 Å². The Morgan fingerprint density at radius 3 is 2.68 bits per heavy atom. The van der Waals surface area contributed by atoms with Crippen LogP contribution in [0, 0.1) is 0 Å². The second-order valence-electron chi connectivity index (χ2n) is 5.34. The number of carbonyl (C=O) groups excluding carboxylic acids is 2. The molecule has 1 atom stereocenters. The monoisotopic (exact) mass is 256 g/mol. The number of rotatable bonds is 2. The van der Waals surface area contributed by atoms with E-state index in [9.17, 15) is 9.59 Å². The summed E-state index contributed by atoms with van der Waals surface area (Å²) >= 11 is 0. The summed E-state index contributed by atoms with van der Waals surface area (Å²) in [6, 6.07) is 8.20. The molecule has 1 fully saturated rings. The van der Waals surface area contributed by atoms with Gasteiger partial charge in [-0.25, -0.2) is 0 Å². The largest absolute Gasteiger partial charge is 0.357 e. The van der Waals surface area contributed by atoms with Gasteiger partial charge in [-0.1, -0.05) is 13.0 Å². The Balaban J connectivity index is 2.11. The first-order valence-electron chi connectivity index (χ1n) is 6.49. The Hall–Kier alpha value is -2.10. The van der Waals surface area contributed by atoms with Crippen molar-refractivity contribution < 1.29 is 9.59 Å². The lowest BCUT2D eigenvalue weighted by Crippen LogP contribution is -2.32. The van der Waals surface area contributed by atoms with E-state index in [0.717, 1.165) is 23.0 Å². The lowest BCUT2D eigenvalue weighted by Gasteiger charge is -2.17. The first-order valence-corrected chi connectivity index (χ1v) is 6.49. The molecule has 0 radical (unpaired) electrons. The third kappa shape index (κ3) is 1.75. The van der Waals surface area contributed by atoms with Crippen molar-refractivity contribution in [3.05, 3.63) is 35.5 Å². The van der Waals surface area contributed by atoms with Gasteiger partial charge < -0.3 is 4.98 Å². The van der Waals surface area contributed by atoms with E-state index in [1.54, 1.807) is 6.92 Å². The number of hydrogen-bond donors (Lipinski definition) is 2. The van der Waals surface area contributed by atoms with Gasteiger partial charge in [0, 0.05) is 17.6 Å². The highest BCUT2D eigenvalue weighted by atomic mass is 16.2. The zero-order valence-electron chi connectivity index (χ0n) is 11.0. The summed E-state index contributed by atoms with van der Waals surface area (Å²) in [5.41, 5.74) is 2.29. The summed E-state index contributed by atoms with van der Waals surface area (Å²) in [4.78, 5) is 26.6. The van der Waals surface area contributed by atoms with Gasteiger partial charge in [0.25, 0.3) is 0 Å². The van der Waals surface area contributed by atoms with Crippen LogP contribution >= 0.6 is 0 Å². The number of amides is 2. The molecule has 2 N–H and O–H groups in total. The molecule has 4 nitrogen and oxygen atoms in total. The summed E-state index contributed by atoms with van der Waals surface area (Å²) in [7, 11) is 0. The quantitative estimate of drug-likeness (QED) is 0.808. The molecule has 98 valence electrons. The van der Waals surface area contributed by atoms with Gasteiger partial charge in [-0.3, -0.25) is 14.9 Å². The van der Waals surface area contributed by atoms with Crippen molar-refractivity contribution in [1.82, 2.24) is 10.3 Å². The van der Waals surface area contributed by atoms with E-state index in [2.05, 4.69) is 29.4 Å². The van der Waals surface area contributed by atoms with Gasteiger partial charge in [0.05, 0.1) is 5.41 Å². The van der Waals surface area contributed by atoms with E-state index in [1.165, 1.54) is 5.56 Å². The smallest absolute Gasteiger partial charge is 0.238 e. The molecule has 4 heteroatoms. The maximum Gasteiger partial charge on any atom is 0.238 e. The fraction of sp³-hybridized carbons (Fsp3) is 0.333. The lowest BCUT2D eigenvalue weighted by molar-refractivity contribution is -0.126. The number of aromatic nitrogens is 1. The molecule has 2 aromatic rings. The van der Waals surface area contributed by atoms with E-state index in [0.29, 0.717) is 0 Å². The van der Waals surface area contributed by atoms with Gasteiger partial charge in [0.1, 0.15) is 0 Å². The van der Waals surface area contributed by atoms with Crippen molar-refractivity contribution in [2.24, 2.45) is 0 Å². The Bertz CT molecular complexity index is 687. The van der Waals surface area contributed by atoms with Gasteiger partial charge in [-0.05, 0) is 42.5 Å².